The third kappa shape index (κ3) is 4.14. The van der Waals surface area contributed by atoms with E-state index in [2.05, 4.69) is 48.5 Å². The highest BCUT2D eigenvalue weighted by Gasteiger charge is 2.29. The molecule has 0 radical (unpaired) electrons. The van der Waals surface area contributed by atoms with Crippen molar-refractivity contribution in [2.45, 2.75) is 65.6 Å². The number of hydrogen-bond acceptors (Lipinski definition) is 3. The van der Waals surface area contributed by atoms with Crippen LogP contribution in [0.5, 0.6) is 0 Å². The van der Waals surface area contributed by atoms with Crippen LogP contribution in [-0.4, -0.2) is 28.8 Å². The fourth-order valence-corrected chi connectivity index (χ4v) is 3.82. The van der Waals surface area contributed by atoms with E-state index >= 15 is 0 Å². The zero-order valence-electron chi connectivity index (χ0n) is 12.4. The summed E-state index contributed by atoms with van der Waals surface area (Å²) >= 11 is 4.95. The fraction of sp³-hybridized carbons (Fsp3) is 0.667. The summed E-state index contributed by atoms with van der Waals surface area (Å²) in [4.78, 5) is 15.8. The number of thiophene rings is 1. The maximum atomic E-state index is 12.6. The molecule has 1 aromatic heterocycles. The Morgan fingerprint density at radius 3 is 2.11 bits per heavy atom. The van der Waals surface area contributed by atoms with E-state index in [0.717, 1.165) is 21.5 Å². The molecule has 1 heterocycles. The first kappa shape index (κ1) is 16.9. The van der Waals surface area contributed by atoms with E-state index in [1.54, 1.807) is 0 Å². The summed E-state index contributed by atoms with van der Waals surface area (Å²) in [5, 5.41) is 0. The molecule has 0 saturated carbocycles. The van der Waals surface area contributed by atoms with Crippen molar-refractivity contribution >= 4 is 33.0 Å². The van der Waals surface area contributed by atoms with Crippen LogP contribution in [0.15, 0.2) is 15.9 Å². The zero-order valence-corrected chi connectivity index (χ0v) is 14.8. The first-order chi connectivity index (χ1) is 8.92. The highest BCUT2D eigenvalue weighted by atomic mass is 79.9. The number of Topliss-reactive ketones (excluding diaryl/α,β-unsaturated/α-hetero) is 1. The smallest absolute Gasteiger partial charge is 0.189 e. The molecule has 2 nitrogen and oxygen atoms in total. The van der Waals surface area contributed by atoms with Gasteiger partial charge in [0.1, 0.15) is 0 Å². The Morgan fingerprint density at radius 1 is 1.21 bits per heavy atom. The van der Waals surface area contributed by atoms with E-state index < -0.39 is 0 Å². The number of carbonyl (C=O) groups excluding carboxylic acids is 1. The predicted molar refractivity (Wildman–Crippen MR) is 87.2 cm³/mol. The summed E-state index contributed by atoms with van der Waals surface area (Å²) in [6, 6.07) is 4.66. The SMILES string of the molecule is CCC(C)N(C(C)CC)C(C)C(=O)c1ccc(Br)s1. The lowest BCUT2D eigenvalue weighted by atomic mass is 10.0. The summed E-state index contributed by atoms with van der Waals surface area (Å²) in [5.41, 5.74) is 0. The van der Waals surface area contributed by atoms with Crippen molar-refractivity contribution in [2.24, 2.45) is 0 Å². The summed E-state index contributed by atoms with van der Waals surface area (Å²) in [6.07, 6.45) is 2.13. The topological polar surface area (TPSA) is 20.3 Å². The van der Waals surface area contributed by atoms with Gasteiger partial charge in [-0.25, -0.2) is 0 Å². The molecule has 4 heteroatoms. The third-order valence-electron chi connectivity index (χ3n) is 3.84. The Hall–Kier alpha value is -0.190. The molecular weight excluding hydrogens is 322 g/mol. The van der Waals surface area contributed by atoms with E-state index in [4.69, 9.17) is 0 Å². The quantitative estimate of drug-likeness (QED) is 0.649. The summed E-state index contributed by atoms with van der Waals surface area (Å²) in [5.74, 6) is 0.233. The fourth-order valence-electron chi connectivity index (χ4n) is 2.41. The lowest BCUT2D eigenvalue weighted by Gasteiger charge is -2.37. The minimum Gasteiger partial charge on any atom is -0.291 e. The molecule has 3 atom stereocenters. The lowest BCUT2D eigenvalue weighted by molar-refractivity contribution is 0.0649. The number of halogens is 1. The Balaban J connectivity index is 2.92. The largest absolute Gasteiger partial charge is 0.291 e. The van der Waals surface area contributed by atoms with Crippen LogP contribution in [0.3, 0.4) is 0 Å². The maximum Gasteiger partial charge on any atom is 0.189 e. The van der Waals surface area contributed by atoms with Gasteiger partial charge in [0.15, 0.2) is 5.78 Å². The van der Waals surface area contributed by atoms with Gasteiger partial charge in [-0.1, -0.05) is 13.8 Å². The van der Waals surface area contributed by atoms with Crippen LogP contribution in [0.1, 0.15) is 57.1 Å². The molecule has 0 saturated heterocycles. The van der Waals surface area contributed by atoms with Crippen molar-refractivity contribution in [3.63, 3.8) is 0 Å². The monoisotopic (exact) mass is 345 g/mol. The Kier molecular flexibility index (Phi) is 6.71. The van der Waals surface area contributed by atoms with Crippen molar-refractivity contribution in [2.75, 3.05) is 0 Å². The van der Waals surface area contributed by atoms with Gasteiger partial charge in [0, 0.05) is 12.1 Å². The zero-order chi connectivity index (χ0) is 14.6. The second kappa shape index (κ2) is 7.55. The van der Waals surface area contributed by atoms with Crippen LogP contribution in [-0.2, 0) is 0 Å². The second-order valence-corrected chi connectivity index (χ2v) is 7.57. The van der Waals surface area contributed by atoms with Gasteiger partial charge in [-0.05, 0) is 61.7 Å². The van der Waals surface area contributed by atoms with Crippen LogP contribution in [0, 0.1) is 0 Å². The Bertz CT molecular complexity index is 408. The molecule has 0 aromatic carbocycles. The van der Waals surface area contributed by atoms with E-state index in [1.807, 2.05) is 19.1 Å². The van der Waals surface area contributed by atoms with E-state index in [0.29, 0.717) is 12.1 Å². The highest BCUT2D eigenvalue weighted by molar-refractivity contribution is 9.11. The van der Waals surface area contributed by atoms with Crippen LogP contribution in [0.25, 0.3) is 0 Å². The molecule has 0 amide bonds. The molecule has 19 heavy (non-hydrogen) atoms. The molecule has 0 aliphatic carbocycles. The molecule has 1 rings (SSSR count). The minimum absolute atomic E-state index is 0.0598. The van der Waals surface area contributed by atoms with Gasteiger partial charge in [-0.3, -0.25) is 9.69 Å². The molecule has 108 valence electrons. The van der Waals surface area contributed by atoms with Gasteiger partial charge in [0.2, 0.25) is 0 Å². The highest BCUT2D eigenvalue weighted by Crippen LogP contribution is 2.26. The van der Waals surface area contributed by atoms with Gasteiger partial charge < -0.3 is 0 Å². The maximum absolute atomic E-state index is 12.6. The summed E-state index contributed by atoms with van der Waals surface area (Å²) < 4.78 is 1.02. The molecular formula is C15H24BrNOS. The molecule has 0 aliphatic rings. The van der Waals surface area contributed by atoms with Crippen LogP contribution >= 0.6 is 27.3 Å². The van der Waals surface area contributed by atoms with Crippen molar-refractivity contribution in [1.29, 1.82) is 0 Å². The second-order valence-electron chi connectivity index (χ2n) is 5.11. The van der Waals surface area contributed by atoms with Crippen molar-refractivity contribution in [3.05, 3.63) is 20.8 Å². The van der Waals surface area contributed by atoms with Crippen LogP contribution in [0.4, 0.5) is 0 Å². The molecule has 0 bridgehead atoms. The van der Waals surface area contributed by atoms with Crippen molar-refractivity contribution in [3.8, 4) is 0 Å². The number of nitrogens with zero attached hydrogens (tertiary/aromatic N) is 1. The minimum atomic E-state index is -0.0598. The van der Waals surface area contributed by atoms with Crippen LogP contribution < -0.4 is 0 Å². The number of hydrogen-bond donors (Lipinski definition) is 0. The normalized spacial score (nSPS) is 16.4. The average molecular weight is 346 g/mol. The standard InChI is InChI=1S/C15H24BrNOS/c1-6-10(3)17(11(4)7-2)12(5)15(18)13-8-9-14(16)19-13/h8-12H,6-7H2,1-5H3. The first-order valence-electron chi connectivity index (χ1n) is 6.99. The Morgan fingerprint density at radius 2 is 1.74 bits per heavy atom. The predicted octanol–water partition coefficient (Wildman–Crippen LogP) is 4.98. The van der Waals surface area contributed by atoms with Gasteiger partial charge in [-0.15, -0.1) is 11.3 Å². The molecule has 3 unspecified atom stereocenters. The van der Waals surface area contributed by atoms with E-state index in [-0.39, 0.29) is 11.8 Å². The molecule has 0 aliphatic heterocycles. The third-order valence-corrected chi connectivity index (χ3v) is 5.48. The summed E-state index contributed by atoms with van der Waals surface area (Å²) in [6.45, 7) is 10.8. The number of carbonyl (C=O) groups is 1. The number of rotatable bonds is 7. The number of ketones is 1. The van der Waals surface area contributed by atoms with Gasteiger partial charge in [0.05, 0.1) is 14.7 Å². The van der Waals surface area contributed by atoms with Gasteiger partial charge in [0.25, 0.3) is 0 Å². The van der Waals surface area contributed by atoms with Gasteiger partial charge in [-0.2, -0.15) is 0 Å². The Labute approximate surface area is 129 Å². The average Bonchev–Trinajstić information content (AvgIpc) is 2.83. The van der Waals surface area contributed by atoms with E-state index in [9.17, 15) is 4.79 Å². The van der Waals surface area contributed by atoms with Crippen molar-refractivity contribution < 1.29 is 4.79 Å². The summed E-state index contributed by atoms with van der Waals surface area (Å²) in [7, 11) is 0. The van der Waals surface area contributed by atoms with Crippen LogP contribution in [0.2, 0.25) is 0 Å². The molecule has 0 spiro atoms. The lowest BCUT2D eigenvalue weighted by Crippen LogP contribution is -2.49. The molecule has 1 aromatic rings. The van der Waals surface area contributed by atoms with Crippen molar-refractivity contribution in [1.82, 2.24) is 4.90 Å². The molecule has 0 N–H and O–H groups in total. The molecule has 0 fully saturated rings. The van der Waals surface area contributed by atoms with Gasteiger partial charge >= 0.3 is 0 Å². The van der Waals surface area contributed by atoms with E-state index in [1.165, 1.54) is 11.3 Å². The first-order valence-corrected chi connectivity index (χ1v) is 8.60.